The van der Waals surface area contributed by atoms with E-state index in [0.717, 1.165) is 0 Å². The van der Waals surface area contributed by atoms with E-state index in [1.54, 1.807) is 6.92 Å². The number of pyridine rings is 1. The number of esters is 1. The Morgan fingerprint density at radius 3 is 2.87 bits per heavy atom. The minimum Gasteiger partial charge on any atom is -0.480 e. The number of nitrogens with zero attached hydrogens (tertiary/aromatic N) is 1. The van der Waals surface area contributed by atoms with Gasteiger partial charge in [0.1, 0.15) is 5.02 Å². The van der Waals surface area contributed by atoms with Crippen molar-refractivity contribution in [3.05, 3.63) is 16.8 Å². The molecule has 0 aliphatic rings. The van der Waals surface area contributed by atoms with Crippen LogP contribution >= 0.6 is 11.6 Å². The number of carbonyl (C=O) groups is 1. The van der Waals surface area contributed by atoms with Crippen LogP contribution in [-0.4, -0.2) is 24.7 Å². The van der Waals surface area contributed by atoms with Crippen LogP contribution < -0.4 is 10.5 Å². The molecule has 1 rings (SSSR count). The van der Waals surface area contributed by atoms with Gasteiger partial charge in [0.05, 0.1) is 19.4 Å². The summed E-state index contributed by atoms with van der Waals surface area (Å²) >= 11 is 5.76. The fourth-order valence-electron chi connectivity index (χ4n) is 0.992. The highest BCUT2D eigenvalue weighted by Crippen LogP contribution is 2.26. The first-order valence-corrected chi connectivity index (χ1v) is 4.65. The van der Waals surface area contributed by atoms with E-state index in [1.165, 1.54) is 13.2 Å². The summed E-state index contributed by atoms with van der Waals surface area (Å²) in [6.07, 6.45) is 0. The van der Waals surface area contributed by atoms with Gasteiger partial charge in [-0.25, -0.2) is 9.78 Å². The van der Waals surface area contributed by atoms with E-state index in [1.807, 2.05) is 0 Å². The third kappa shape index (κ3) is 2.50. The fraction of sp³-hybridized carbons (Fsp3) is 0.333. The average Bonchev–Trinajstić information content (AvgIpc) is 2.18. The lowest BCUT2D eigenvalue weighted by Gasteiger charge is -2.07. The highest BCUT2D eigenvalue weighted by Gasteiger charge is 2.16. The molecule has 1 heterocycles. The van der Waals surface area contributed by atoms with Crippen molar-refractivity contribution in [1.29, 1.82) is 0 Å². The minimum absolute atomic E-state index is 0.0121. The molecule has 5 nitrogen and oxygen atoms in total. The maximum Gasteiger partial charge on any atom is 0.359 e. The van der Waals surface area contributed by atoms with E-state index < -0.39 is 5.97 Å². The quantitative estimate of drug-likeness (QED) is 0.797. The summed E-state index contributed by atoms with van der Waals surface area (Å²) in [6.45, 7) is 1.95. The molecule has 0 spiro atoms. The Hall–Kier alpha value is -1.49. The second-order valence-corrected chi connectivity index (χ2v) is 3.04. The van der Waals surface area contributed by atoms with Gasteiger partial charge in [0.25, 0.3) is 0 Å². The minimum atomic E-state index is -0.593. The molecule has 0 bridgehead atoms. The van der Waals surface area contributed by atoms with Crippen LogP contribution in [0.25, 0.3) is 0 Å². The molecule has 0 fully saturated rings. The van der Waals surface area contributed by atoms with Gasteiger partial charge in [0.2, 0.25) is 5.88 Å². The maximum atomic E-state index is 11.4. The third-order valence-corrected chi connectivity index (χ3v) is 1.91. The van der Waals surface area contributed by atoms with Crippen LogP contribution in [0.2, 0.25) is 5.02 Å². The molecule has 0 aliphatic heterocycles. The van der Waals surface area contributed by atoms with E-state index in [2.05, 4.69) is 4.98 Å². The molecule has 0 amide bonds. The van der Waals surface area contributed by atoms with Crippen molar-refractivity contribution in [2.75, 3.05) is 19.5 Å². The molecule has 82 valence electrons. The van der Waals surface area contributed by atoms with Crippen LogP contribution in [0, 0.1) is 0 Å². The number of rotatable bonds is 3. The Balaban J connectivity index is 3.12. The van der Waals surface area contributed by atoms with Crippen LogP contribution in [0.15, 0.2) is 6.07 Å². The third-order valence-electron chi connectivity index (χ3n) is 1.64. The van der Waals surface area contributed by atoms with Gasteiger partial charge in [0.15, 0.2) is 5.69 Å². The molecule has 0 aromatic carbocycles. The molecule has 15 heavy (non-hydrogen) atoms. The summed E-state index contributed by atoms with van der Waals surface area (Å²) in [6, 6.07) is 1.40. The van der Waals surface area contributed by atoms with E-state index >= 15 is 0 Å². The van der Waals surface area contributed by atoms with E-state index in [4.69, 9.17) is 26.8 Å². The van der Waals surface area contributed by atoms with Gasteiger partial charge in [0, 0.05) is 0 Å². The first-order valence-electron chi connectivity index (χ1n) is 4.27. The van der Waals surface area contributed by atoms with Gasteiger partial charge < -0.3 is 15.2 Å². The van der Waals surface area contributed by atoms with Crippen LogP contribution in [-0.2, 0) is 4.74 Å². The predicted octanol–water partition coefficient (Wildman–Crippen LogP) is 1.50. The number of nitrogens with two attached hydrogens (primary N) is 1. The molecular weight excluding hydrogens is 220 g/mol. The number of halogens is 1. The number of carbonyl (C=O) groups excluding carboxylic acids is 1. The molecule has 0 saturated heterocycles. The highest BCUT2D eigenvalue weighted by molar-refractivity contribution is 6.32. The summed E-state index contributed by atoms with van der Waals surface area (Å²) < 4.78 is 9.63. The Kier molecular flexibility index (Phi) is 3.74. The second-order valence-electron chi connectivity index (χ2n) is 2.64. The molecule has 2 N–H and O–H groups in total. The lowest BCUT2D eigenvalue weighted by molar-refractivity contribution is 0.0520. The average molecular weight is 231 g/mol. The highest BCUT2D eigenvalue weighted by atomic mass is 35.5. The van der Waals surface area contributed by atoms with Crippen LogP contribution in [0.1, 0.15) is 17.4 Å². The summed E-state index contributed by atoms with van der Waals surface area (Å²) in [5, 5.41) is 0.253. The number of anilines is 1. The Bertz CT molecular complexity index is 382. The van der Waals surface area contributed by atoms with Crippen molar-refractivity contribution in [2.45, 2.75) is 6.92 Å². The lowest BCUT2D eigenvalue weighted by atomic mass is 10.3. The number of hydrogen-bond donors (Lipinski definition) is 1. The monoisotopic (exact) mass is 230 g/mol. The fourth-order valence-corrected chi connectivity index (χ4v) is 1.23. The predicted molar refractivity (Wildman–Crippen MR) is 56.2 cm³/mol. The number of ether oxygens (including phenoxy) is 2. The Labute approximate surface area is 92.1 Å². The van der Waals surface area contributed by atoms with Crippen molar-refractivity contribution in [2.24, 2.45) is 0 Å². The molecule has 0 aliphatic carbocycles. The zero-order chi connectivity index (χ0) is 11.4. The van der Waals surface area contributed by atoms with Gasteiger partial charge in [-0.1, -0.05) is 11.6 Å². The SMILES string of the molecule is CCOC(=O)c1nc(OC)c(Cl)cc1N. The van der Waals surface area contributed by atoms with Crippen LogP contribution in [0.3, 0.4) is 0 Å². The van der Waals surface area contributed by atoms with Gasteiger partial charge in [-0.2, -0.15) is 0 Å². The van der Waals surface area contributed by atoms with Crippen molar-refractivity contribution in [1.82, 2.24) is 4.98 Å². The first kappa shape index (κ1) is 11.6. The van der Waals surface area contributed by atoms with E-state index in [9.17, 15) is 4.79 Å². The second kappa shape index (κ2) is 4.84. The number of aromatic nitrogens is 1. The first-order chi connectivity index (χ1) is 7.10. The van der Waals surface area contributed by atoms with Crippen molar-refractivity contribution >= 4 is 23.3 Å². The molecule has 0 radical (unpaired) electrons. The Morgan fingerprint density at radius 1 is 1.67 bits per heavy atom. The number of hydrogen-bond acceptors (Lipinski definition) is 5. The zero-order valence-electron chi connectivity index (χ0n) is 8.41. The summed E-state index contributed by atoms with van der Waals surface area (Å²) in [5.41, 5.74) is 5.75. The molecule has 1 aromatic heterocycles. The number of methoxy groups -OCH3 is 1. The van der Waals surface area contributed by atoms with Gasteiger partial charge in [-0.3, -0.25) is 0 Å². The molecule has 0 atom stereocenters. The van der Waals surface area contributed by atoms with E-state index in [-0.39, 0.29) is 28.9 Å². The van der Waals surface area contributed by atoms with Crippen molar-refractivity contribution < 1.29 is 14.3 Å². The number of nitrogen functional groups attached to an aromatic ring is 1. The van der Waals surface area contributed by atoms with Crippen molar-refractivity contribution in [3.63, 3.8) is 0 Å². The largest absolute Gasteiger partial charge is 0.480 e. The van der Waals surface area contributed by atoms with Gasteiger partial charge >= 0.3 is 5.97 Å². The summed E-state index contributed by atoms with van der Waals surface area (Å²) in [4.78, 5) is 15.2. The van der Waals surface area contributed by atoms with Crippen LogP contribution in [0.4, 0.5) is 5.69 Å². The molecular formula is C9H11ClN2O3. The molecule has 1 aromatic rings. The molecule has 6 heteroatoms. The van der Waals surface area contributed by atoms with Gasteiger partial charge in [-0.05, 0) is 13.0 Å². The zero-order valence-corrected chi connectivity index (χ0v) is 9.17. The topological polar surface area (TPSA) is 74.4 Å². The molecule has 0 unspecified atom stereocenters. The summed E-state index contributed by atoms with van der Waals surface area (Å²) in [7, 11) is 1.40. The Morgan fingerprint density at radius 2 is 2.33 bits per heavy atom. The van der Waals surface area contributed by atoms with Gasteiger partial charge in [-0.15, -0.1) is 0 Å². The van der Waals surface area contributed by atoms with Crippen LogP contribution in [0.5, 0.6) is 5.88 Å². The summed E-state index contributed by atoms with van der Waals surface area (Å²) in [5.74, 6) is -0.445. The molecule has 0 saturated carbocycles. The van der Waals surface area contributed by atoms with E-state index in [0.29, 0.717) is 0 Å². The standard InChI is InChI=1S/C9H11ClN2O3/c1-3-15-9(13)7-6(11)4-5(10)8(12-7)14-2/h4H,3,11H2,1-2H3. The lowest BCUT2D eigenvalue weighted by Crippen LogP contribution is -2.11. The van der Waals surface area contributed by atoms with Crippen molar-refractivity contribution in [3.8, 4) is 5.88 Å². The maximum absolute atomic E-state index is 11.4. The smallest absolute Gasteiger partial charge is 0.359 e. The normalized spacial score (nSPS) is 9.80.